The minimum absolute atomic E-state index is 0.317. The highest BCUT2D eigenvalue weighted by molar-refractivity contribution is 5.98. The van der Waals surface area contributed by atoms with Gasteiger partial charge >= 0.3 is 0 Å². The van der Waals surface area contributed by atoms with Gasteiger partial charge < -0.3 is 5.32 Å². The summed E-state index contributed by atoms with van der Waals surface area (Å²) in [5, 5.41) is 13.4. The van der Waals surface area contributed by atoms with Crippen molar-refractivity contribution >= 4 is 11.6 Å². The van der Waals surface area contributed by atoms with Crippen molar-refractivity contribution in [3.05, 3.63) is 69.8 Å². The van der Waals surface area contributed by atoms with Crippen molar-refractivity contribution < 1.29 is 14.1 Å². The second-order valence-corrected chi connectivity index (χ2v) is 4.37. The molecule has 108 valence electrons. The van der Waals surface area contributed by atoms with Crippen molar-refractivity contribution in [2.75, 3.05) is 0 Å². The molecule has 21 heavy (non-hydrogen) atoms. The SMILES string of the molecule is CC(NC(=O)c1cc(F)ccc1[N+](=O)[O-])c1ccccn1. The number of nitrogens with zero attached hydrogens (tertiary/aromatic N) is 2. The van der Waals surface area contributed by atoms with Crippen molar-refractivity contribution in [1.29, 1.82) is 0 Å². The molecule has 0 saturated heterocycles. The molecule has 0 aliphatic heterocycles. The van der Waals surface area contributed by atoms with E-state index < -0.39 is 28.4 Å². The molecule has 2 aromatic rings. The number of amides is 1. The highest BCUT2D eigenvalue weighted by Crippen LogP contribution is 2.20. The molecular formula is C14H12FN3O3. The summed E-state index contributed by atoms with van der Waals surface area (Å²) in [6, 6.07) is 7.50. The van der Waals surface area contributed by atoms with Gasteiger partial charge in [0.15, 0.2) is 0 Å². The third-order valence-corrected chi connectivity index (χ3v) is 2.88. The van der Waals surface area contributed by atoms with Gasteiger partial charge in [-0.1, -0.05) is 6.07 Å². The zero-order valence-electron chi connectivity index (χ0n) is 11.1. The highest BCUT2D eigenvalue weighted by Gasteiger charge is 2.22. The van der Waals surface area contributed by atoms with Gasteiger partial charge in [-0.05, 0) is 31.2 Å². The Morgan fingerprint density at radius 1 is 1.38 bits per heavy atom. The van der Waals surface area contributed by atoms with E-state index in [1.54, 1.807) is 31.3 Å². The van der Waals surface area contributed by atoms with Crippen LogP contribution in [-0.2, 0) is 0 Å². The minimum Gasteiger partial charge on any atom is -0.344 e. The number of rotatable bonds is 4. The lowest BCUT2D eigenvalue weighted by atomic mass is 10.1. The highest BCUT2D eigenvalue weighted by atomic mass is 19.1. The summed E-state index contributed by atoms with van der Waals surface area (Å²) in [6.45, 7) is 1.69. The van der Waals surface area contributed by atoms with E-state index in [0.717, 1.165) is 18.2 Å². The number of nitrogens with one attached hydrogen (secondary N) is 1. The number of hydrogen-bond acceptors (Lipinski definition) is 4. The predicted octanol–water partition coefficient (Wildman–Crippen LogP) is 2.62. The molecule has 0 spiro atoms. The van der Waals surface area contributed by atoms with Crippen LogP contribution in [0.15, 0.2) is 42.6 Å². The molecule has 1 heterocycles. The lowest BCUT2D eigenvalue weighted by Crippen LogP contribution is -2.27. The van der Waals surface area contributed by atoms with Crippen LogP contribution in [0.4, 0.5) is 10.1 Å². The van der Waals surface area contributed by atoms with E-state index in [1.807, 2.05) is 0 Å². The first kappa shape index (κ1) is 14.6. The van der Waals surface area contributed by atoms with E-state index in [2.05, 4.69) is 10.3 Å². The van der Waals surface area contributed by atoms with Crippen molar-refractivity contribution in [3.8, 4) is 0 Å². The number of carbonyl (C=O) groups is 1. The third-order valence-electron chi connectivity index (χ3n) is 2.88. The molecule has 7 heteroatoms. The predicted molar refractivity (Wildman–Crippen MR) is 73.2 cm³/mol. The summed E-state index contributed by atoms with van der Waals surface area (Å²) >= 11 is 0. The summed E-state index contributed by atoms with van der Waals surface area (Å²) < 4.78 is 13.2. The molecule has 2 rings (SSSR count). The molecule has 1 N–H and O–H groups in total. The maximum absolute atomic E-state index is 13.2. The molecule has 1 amide bonds. The Kier molecular flexibility index (Phi) is 4.22. The average molecular weight is 289 g/mol. The van der Waals surface area contributed by atoms with Crippen LogP contribution in [0.25, 0.3) is 0 Å². The van der Waals surface area contributed by atoms with E-state index in [-0.39, 0.29) is 5.56 Å². The molecule has 0 aliphatic rings. The summed E-state index contributed by atoms with van der Waals surface area (Å²) in [5.74, 6) is -1.43. The average Bonchev–Trinajstić information content (AvgIpc) is 2.47. The van der Waals surface area contributed by atoms with Crippen LogP contribution in [0.1, 0.15) is 29.0 Å². The summed E-state index contributed by atoms with van der Waals surface area (Å²) in [5.41, 5.74) is -0.158. The monoisotopic (exact) mass is 289 g/mol. The number of carbonyl (C=O) groups excluding carboxylic acids is 1. The van der Waals surface area contributed by atoms with Crippen molar-refractivity contribution in [2.45, 2.75) is 13.0 Å². The largest absolute Gasteiger partial charge is 0.344 e. The maximum atomic E-state index is 13.2. The smallest absolute Gasteiger partial charge is 0.282 e. The van der Waals surface area contributed by atoms with Crippen LogP contribution >= 0.6 is 0 Å². The summed E-state index contributed by atoms with van der Waals surface area (Å²) in [6.07, 6.45) is 1.57. The first-order valence-corrected chi connectivity index (χ1v) is 6.15. The van der Waals surface area contributed by atoms with E-state index >= 15 is 0 Å². The quantitative estimate of drug-likeness (QED) is 0.692. The summed E-state index contributed by atoms with van der Waals surface area (Å²) in [7, 11) is 0. The molecular weight excluding hydrogens is 277 g/mol. The third kappa shape index (κ3) is 3.38. The topological polar surface area (TPSA) is 85.1 Å². The molecule has 0 saturated carbocycles. The fraction of sp³-hybridized carbons (Fsp3) is 0.143. The first-order valence-electron chi connectivity index (χ1n) is 6.15. The zero-order chi connectivity index (χ0) is 15.4. The van der Waals surface area contributed by atoms with Gasteiger partial charge in [-0.3, -0.25) is 19.9 Å². The molecule has 0 bridgehead atoms. The molecule has 1 aromatic carbocycles. The number of aromatic nitrogens is 1. The number of hydrogen-bond donors (Lipinski definition) is 1. The van der Waals surface area contributed by atoms with E-state index in [0.29, 0.717) is 5.69 Å². The lowest BCUT2D eigenvalue weighted by molar-refractivity contribution is -0.385. The van der Waals surface area contributed by atoms with Crippen LogP contribution in [0.3, 0.4) is 0 Å². The van der Waals surface area contributed by atoms with Crippen molar-refractivity contribution in [1.82, 2.24) is 10.3 Å². The van der Waals surface area contributed by atoms with Gasteiger partial charge in [0, 0.05) is 12.3 Å². The van der Waals surface area contributed by atoms with Crippen molar-refractivity contribution in [3.63, 3.8) is 0 Å². The Morgan fingerprint density at radius 2 is 2.14 bits per heavy atom. The molecule has 0 radical (unpaired) electrons. The number of pyridine rings is 1. The van der Waals surface area contributed by atoms with Crippen molar-refractivity contribution in [2.24, 2.45) is 0 Å². The second-order valence-electron chi connectivity index (χ2n) is 4.37. The standard InChI is InChI=1S/C14H12FN3O3/c1-9(12-4-2-3-7-16-12)17-14(19)11-8-10(15)5-6-13(11)18(20)21/h2-9H,1H3,(H,17,19). The van der Waals surface area contributed by atoms with Gasteiger partial charge in [0.25, 0.3) is 11.6 Å². The van der Waals surface area contributed by atoms with Gasteiger partial charge in [-0.2, -0.15) is 0 Å². The maximum Gasteiger partial charge on any atom is 0.282 e. The van der Waals surface area contributed by atoms with Crippen LogP contribution in [0.2, 0.25) is 0 Å². The summed E-state index contributed by atoms with van der Waals surface area (Å²) in [4.78, 5) is 26.3. The van der Waals surface area contributed by atoms with Crippen LogP contribution in [0, 0.1) is 15.9 Å². The number of halogens is 1. The van der Waals surface area contributed by atoms with E-state index in [9.17, 15) is 19.3 Å². The van der Waals surface area contributed by atoms with Gasteiger partial charge in [0.1, 0.15) is 11.4 Å². The van der Waals surface area contributed by atoms with Gasteiger partial charge in [0.05, 0.1) is 16.7 Å². The number of benzene rings is 1. The van der Waals surface area contributed by atoms with Gasteiger partial charge in [-0.15, -0.1) is 0 Å². The molecule has 1 aromatic heterocycles. The first-order chi connectivity index (χ1) is 9.99. The molecule has 1 atom stereocenters. The van der Waals surface area contributed by atoms with E-state index in [4.69, 9.17) is 0 Å². The Hall–Kier alpha value is -2.83. The van der Waals surface area contributed by atoms with Gasteiger partial charge in [0.2, 0.25) is 0 Å². The molecule has 6 nitrogen and oxygen atoms in total. The molecule has 0 fully saturated rings. The fourth-order valence-corrected chi connectivity index (χ4v) is 1.83. The molecule has 1 unspecified atom stereocenters. The Bertz CT molecular complexity index is 676. The van der Waals surface area contributed by atoms with E-state index in [1.165, 1.54) is 0 Å². The van der Waals surface area contributed by atoms with Crippen LogP contribution in [0.5, 0.6) is 0 Å². The Labute approximate surface area is 119 Å². The van der Waals surface area contributed by atoms with Crippen LogP contribution < -0.4 is 5.32 Å². The minimum atomic E-state index is -0.723. The normalized spacial score (nSPS) is 11.7. The Balaban J connectivity index is 2.25. The van der Waals surface area contributed by atoms with Gasteiger partial charge in [-0.25, -0.2) is 4.39 Å². The zero-order valence-corrected chi connectivity index (χ0v) is 11.1. The second kappa shape index (κ2) is 6.08. The fourth-order valence-electron chi connectivity index (χ4n) is 1.83. The Morgan fingerprint density at radius 3 is 2.76 bits per heavy atom. The van der Waals surface area contributed by atoms with Crippen LogP contribution in [-0.4, -0.2) is 15.8 Å². The number of nitro benzene ring substituents is 1. The number of nitro groups is 1. The lowest BCUT2D eigenvalue weighted by Gasteiger charge is -2.13. The molecule has 0 aliphatic carbocycles.